The van der Waals surface area contributed by atoms with Crippen molar-refractivity contribution in [1.82, 2.24) is 4.98 Å². The van der Waals surface area contributed by atoms with Crippen LogP contribution in [0.2, 0.25) is 0 Å². The Morgan fingerprint density at radius 1 is 0.868 bits per heavy atom. The van der Waals surface area contributed by atoms with Crippen LogP contribution in [-0.4, -0.2) is 17.2 Å². The van der Waals surface area contributed by atoms with Crippen LogP contribution < -0.4 is 25.8 Å². The number of ether oxygens (including phenoxy) is 2. The van der Waals surface area contributed by atoms with Gasteiger partial charge in [-0.25, -0.2) is 14.2 Å². The molecule has 0 radical (unpaired) electrons. The largest absolute Gasteiger partial charge is 0.457 e. The maximum Gasteiger partial charge on any atom is 0.420 e. The molecular formula is C26H19F4N5O3. The van der Waals surface area contributed by atoms with Crippen LogP contribution in [0.5, 0.6) is 23.0 Å². The van der Waals surface area contributed by atoms with Crippen LogP contribution in [0.3, 0.4) is 0 Å². The second-order valence-electron chi connectivity index (χ2n) is 7.72. The van der Waals surface area contributed by atoms with Gasteiger partial charge in [0.2, 0.25) is 0 Å². The number of nitrogen functional groups attached to an aromatic ring is 1. The van der Waals surface area contributed by atoms with E-state index in [1.54, 1.807) is 18.2 Å². The number of anilines is 3. The molecule has 1 aromatic heterocycles. The van der Waals surface area contributed by atoms with Crippen molar-refractivity contribution in [2.75, 3.05) is 16.4 Å². The van der Waals surface area contributed by atoms with E-state index < -0.39 is 29.3 Å². The molecule has 1 heterocycles. The molecule has 3 aromatic carbocycles. The molecule has 4 aromatic rings. The summed E-state index contributed by atoms with van der Waals surface area (Å²) >= 11 is 0. The number of nitrogens with one attached hydrogen (secondary N) is 3. The number of carbonyl (C=O) groups excluding carboxylic acids is 1. The normalized spacial score (nSPS) is 10.9. The molecule has 0 aliphatic carbocycles. The lowest BCUT2D eigenvalue weighted by Crippen LogP contribution is -2.20. The van der Waals surface area contributed by atoms with E-state index in [0.29, 0.717) is 22.7 Å². The number of urea groups is 1. The minimum absolute atomic E-state index is 0.0178. The van der Waals surface area contributed by atoms with Crippen molar-refractivity contribution in [3.05, 3.63) is 95.9 Å². The smallest absolute Gasteiger partial charge is 0.420 e. The third-order valence-electron chi connectivity index (χ3n) is 5.05. The molecule has 8 nitrogen and oxygen atoms in total. The number of amides is 2. The van der Waals surface area contributed by atoms with Crippen molar-refractivity contribution in [2.45, 2.75) is 6.18 Å². The van der Waals surface area contributed by atoms with E-state index in [4.69, 9.17) is 20.6 Å². The zero-order chi connectivity index (χ0) is 27.3. The number of benzene rings is 3. The molecule has 194 valence electrons. The maximum atomic E-state index is 13.6. The molecule has 0 aliphatic rings. The summed E-state index contributed by atoms with van der Waals surface area (Å²) in [5.74, 6) is -0.209. The predicted octanol–water partition coefficient (Wildman–Crippen LogP) is 7.05. The van der Waals surface area contributed by atoms with E-state index in [-0.39, 0.29) is 17.3 Å². The lowest BCUT2D eigenvalue weighted by molar-refractivity contribution is -0.138. The number of alkyl halides is 3. The number of hydrogen-bond acceptors (Lipinski definition) is 6. The molecule has 4 rings (SSSR count). The summed E-state index contributed by atoms with van der Waals surface area (Å²) < 4.78 is 65.0. The molecule has 38 heavy (non-hydrogen) atoms. The Labute approximate surface area is 213 Å². The standard InChI is InChI=1S/C26H19F4N5O3/c27-15-1-6-18(7-2-15)38-23-10-5-17(13-21(23)26(28,29)30)35-25(36)34-16-3-8-19(9-4-16)37-22-11-12-33-24(32)20(22)14-31/h1-14,31H,(H2,32,33)(H2,34,35,36). The van der Waals surface area contributed by atoms with E-state index in [0.717, 1.165) is 30.5 Å². The number of carbonyl (C=O) groups is 1. The highest BCUT2D eigenvalue weighted by atomic mass is 19.4. The number of aromatic nitrogens is 1. The molecule has 0 aliphatic heterocycles. The summed E-state index contributed by atoms with van der Waals surface area (Å²) in [5, 5.41) is 12.3. The van der Waals surface area contributed by atoms with Crippen molar-refractivity contribution in [3.8, 4) is 23.0 Å². The molecule has 5 N–H and O–H groups in total. The van der Waals surface area contributed by atoms with Gasteiger partial charge in [0.15, 0.2) is 0 Å². The van der Waals surface area contributed by atoms with Gasteiger partial charge in [-0.1, -0.05) is 0 Å². The second-order valence-corrected chi connectivity index (χ2v) is 7.72. The molecular weight excluding hydrogens is 506 g/mol. The van der Waals surface area contributed by atoms with Gasteiger partial charge < -0.3 is 31.3 Å². The number of pyridine rings is 1. The van der Waals surface area contributed by atoms with Crippen LogP contribution in [0.4, 0.5) is 39.5 Å². The Kier molecular flexibility index (Phi) is 7.42. The minimum atomic E-state index is -4.78. The van der Waals surface area contributed by atoms with Crippen LogP contribution >= 0.6 is 0 Å². The Hall–Kier alpha value is -5.13. The first-order valence-electron chi connectivity index (χ1n) is 10.9. The molecule has 0 saturated heterocycles. The average Bonchev–Trinajstić information content (AvgIpc) is 2.87. The van der Waals surface area contributed by atoms with Crippen LogP contribution in [0.25, 0.3) is 0 Å². The SMILES string of the molecule is N=Cc1c(Oc2ccc(NC(=O)Nc3ccc(Oc4ccc(F)cc4)c(C(F)(F)F)c3)cc2)ccnc1N. The fraction of sp³-hybridized carbons (Fsp3) is 0.0385. The van der Waals surface area contributed by atoms with Crippen molar-refractivity contribution < 1.29 is 31.8 Å². The lowest BCUT2D eigenvalue weighted by atomic mass is 10.1. The first-order valence-corrected chi connectivity index (χ1v) is 10.9. The summed E-state index contributed by atoms with van der Waals surface area (Å²) in [7, 11) is 0. The Balaban J connectivity index is 1.43. The highest BCUT2D eigenvalue weighted by Crippen LogP contribution is 2.39. The fourth-order valence-corrected chi connectivity index (χ4v) is 3.28. The van der Waals surface area contributed by atoms with Gasteiger partial charge in [-0.2, -0.15) is 13.2 Å². The lowest BCUT2D eigenvalue weighted by Gasteiger charge is -2.16. The summed E-state index contributed by atoms with van der Waals surface area (Å²) in [6, 6.07) is 14.4. The predicted molar refractivity (Wildman–Crippen MR) is 134 cm³/mol. The van der Waals surface area contributed by atoms with Gasteiger partial charge in [-0.05, 0) is 72.8 Å². The zero-order valence-corrected chi connectivity index (χ0v) is 19.3. The molecule has 0 unspecified atom stereocenters. The quantitative estimate of drug-likeness (QED) is 0.152. The molecule has 12 heteroatoms. The second kappa shape index (κ2) is 10.9. The maximum absolute atomic E-state index is 13.6. The van der Waals surface area contributed by atoms with Crippen molar-refractivity contribution >= 4 is 29.4 Å². The van der Waals surface area contributed by atoms with Gasteiger partial charge in [-0.3, -0.25) is 0 Å². The first-order chi connectivity index (χ1) is 18.1. The monoisotopic (exact) mass is 525 g/mol. The Bertz CT molecular complexity index is 1460. The van der Waals surface area contributed by atoms with Crippen LogP contribution in [-0.2, 0) is 6.18 Å². The van der Waals surface area contributed by atoms with E-state index in [9.17, 15) is 22.4 Å². The minimum Gasteiger partial charge on any atom is -0.457 e. The van der Waals surface area contributed by atoms with Crippen LogP contribution in [0, 0.1) is 11.2 Å². The zero-order valence-electron chi connectivity index (χ0n) is 19.3. The molecule has 0 atom stereocenters. The number of rotatable bonds is 7. The third kappa shape index (κ3) is 6.35. The molecule has 0 bridgehead atoms. The van der Waals surface area contributed by atoms with Gasteiger partial charge in [0.05, 0.1) is 5.56 Å². The highest BCUT2D eigenvalue weighted by Gasteiger charge is 2.35. The van der Waals surface area contributed by atoms with Gasteiger partial charge >= 0.3 is 12.2 Å². The molecule has 2 amide bonds. The molecule has 0 fully saturated rings. The van der Waals surface area contributed by atoms with E-state index in [2.05, 4.69) is 15.6 Å². The summed E-state index contributed by atoms with van der Waals surface area (Å²) in [4.78, 5) is 16.3. The van der Waals surface area contributed by atoms with Crippen molar-refractivity contribution in [2.24, 2.45) is 0 Å². The van der Waals surface area contributed by atoms with Gasteiger partial charge in [0.1, 0.15) is 40.2 Å². The average molecular weight is 525 g/mol. The summed E-state index contributed by atoms with van der Waals surface area (Å²) in [6.07, 6.45) is -2.33. The first kappa shape index (κ1) is 25.9. The van der Waals surface area contributed by atoms with E-state index in [1.807, 2.05) is 0 Å². The topological polar surface area (TPSA) is 122 Å². The Morgan fingerprint density at radius 2 is 1.45 bits per heavy atom. The number of nitrogens with two attached hydrogens (primary N) is 1. The summed E-state index contributed by atoms with van der Waals surface area (Å²) in [5.41, 5.74) is 5.12. The van der Waals surface area contributed by atoms with Crippen molar-refractivity contribution in [1.29, 1.82) is 5.41 Å². The fourth-order valence-electron chi connectivity index (χ4n) is 3.28. The van der Waals surface area contributed by atoms with E-state index >= 15 is 0 Å². The van der Waals surface area contributed by atoms with Gasteiger partial charge in [0, 0.05) is 23.8 Å². The number of nitrogens with zero attached hydrogens (tertiary/aromatic N) is 1. The highest BCUT2D eigenvalue weighted by molar-refractivity contribution is 5.99. The van der Waals surface area contributed by atoms with Crippen LogP contribution in [0.15, 0.2) is 79.0 Å². The van der Waals surface area contributed by atoms with Crippen molar-refractivity contribution in [3.63, 3.8) is 0 Å². The third-order valence-corrected chi connectivity index (χ3v) is 5.05. The van der Waals surface area contributed by atoms with Gasteiger partial charge in [-0.15, -0.1) is 0 Å². The number of hydrogen-bond donors (Lipinski definition) is 4. The van der Waals surface area contributed by atoms with E-state index in [1.165, 1.54) is 36.5 Å². The van der Waals surface area contributed by atoms with Gasteiger partial charge in [0.25, 0.3) is 0 Å². The Morgan fingerprint density at radius 3 is 2.08 bits per heavy atom. The summed E-state index contributed by atoms with van der Waals surface area (Å²) in [6.45, 7) is 0. The molecule has 0 spiro atoms. The number of halogens is 4. The van der Waals surface area contributed by atoms with Crippen LogP contribution in [0.1, 0.15) is 11.1 Å². The molecule has 0 saturated carbocycles.